The van der Waals surface area contributed by atoms with Gasteiger partial charge in [-0.3, -0.25) is 0 Å². The van der Waals surface area contributed by atoms with Gasteiger partial charge in [0.25, 0.3) is 0 Å². The maximum absolute atomic E-state index is 11.0. The molecule has 0 heterocycles. The van der Waals surface area contributed by atoms with Gasteiger partial charge in [-0.05, 0) is 51.6 Å². The van der Waals surface area contributed by atoms with Gasteiger partial charge in [-0.2, -0.15) is 0 Å². The molecule has 22 heavy (non-hydrogen) atoms. The summed E-state index contributed by atoms with van der Waals surface area (Å²) in [7, 11) is 0. The number of carboxylic acids is 1. The highest BCUT2D eigenvalue weighted by Crippen LogP contribution is 2.26. The van der Waals surface area contributed by atoms with E-state index in [4.69, 9.17) is 5.11 Å². The Morgan fingerprint density at radius 3 is 2.05 bits per heavy atom. The third-order valence-electron chi connectivity index (χ3n) is 4.00. The molecule has 0 saturated heterocycles. The lowest BCUT2D eigenvalue weighted by Crippen LogP contribution is -1.95. The summed E-state index contributed by atoms with van der Waals surface area (Å²) in [6.45, 7) is 4.37. The van der Waals surface area contributed by atoms with Crippen LogP contribution < -0.4 is 0 Å². The zero-order chi connectivity index (χ0) is 15.7. The predicted octanol–water partition coefficient (Wildman–Crippen LogP) is 5.33. The number of aromatic carboxylic acids is 1. The fourth-order valence-electron chi connectivity index (χ4n) is 2.62. The van der Waals surface area contributed by atoms with Crippen LogP contribution >= 0.6 is 0 Å². The molecule has 2 nitrogen and oxygen atoms in total. The van der Waals surface area contributed by atoms with Crippen molar-refractivity contribution in [2.45, 2.75) is 19.8 Å². The lowest BCUT2D eigenvalue weighted by atomic mass is 9.97. The third kappa shape index (κ3) is 2.73. The van der Waals surface area contributed by atoms with E-state index in [-0.39, 0.29) is 0 Å². The SMILES string of the molecule is CC(C)c1ccc(-c2ccc3cc(C(=O)O)ccc3c2)cc1. The first-order valence-electron chi connectivity index (χ1n) is 7.42. The van der Waals surface area contributed by atoms with Gasteiger partial charge in [0.15, 0.2) is 0 Å². The van der Waals surface area contributed by atoms with E-state index >= 15 is 0 Å². The van der Waals surface area contributed by atoms with Crippen LogP contribution in [0.2, 0.25) is 0 Å². The predicted molar refractivity (Wildman–Crippen MR) is 90.4 cm³/mol. The van der Waals surface area contributed by atoms with E-state index in [0.29, 0.717) is 11.5 Å². The minimum absolute atomic E-state index is 0.321. The van der Waals surface area contributed by atoms with E-state index in [1.807, 2.05) is 18.2 Å². The monoisotopic (exact) mass is 290 g/mol. The summed E-state index contributed by atoms with van der Waals surface area (Å²) in [5.74, 6) is -0.365. The van der Waals surface area contributed by atoms with Gasteiger partial charge < -0.3 is 5.11 Å². The van der Waals surface area contributed by atoms with Gasteiger partial charge >= 0.3 is 5.97 Å². The molecule has 0 bridgehead atoms. The summed E-state index contributed by atoms with van der Waals surface area (Å²) in [4.78, 5) is 11.0. The van der Waals surface area contributed by atoms with E-state index in [9.17, 15) is 4.79 Å². The average molecular weight is 290 g/mol. The van der Waals surface area contributed by atoms with Gasteiger partial charge in [-0.25, -0.2) is 4.79 Å². The topological polar surface area (TPSA) is 37.3 Å². The normalized spacial score (nSPS) is 11.0. The average Bonchev–Trinajstić information content (AvgIpc) is 2.54. The zero-order valence-electron chi connectivity index (χ0n) is 12.7. The smallest absolute Gasteiger partial charge is 0.335 e. The molecule has 0 aliphatic carbocycles. The Morgan fingerprint density at radius 1 is 0.818 bits per heavy atom. The molecule has 2 heteroatoms. The van der Waals surface area contributed by atoms with Crippen LogP contribution in [0, 0.1) is 0 Å². The minimum Gasteiger partial charge on any atom is -0.478 e. The molecule has 0 aromatic heterocycles. The Balaban J connectivity index is 2.01. The quantitative estimate of drug-likeness (QED) is 0.708. The molecule has 0 aliphatic heterocycles. The van der Waals surface area contributed by atoms with Crippen LogP contribution in [0.15, 0.2) is 60.7 Å². The van der Waals surface area contributed by atoms with Crippen molar-refractivity contribution in [1.82, 2.24) is 0 Å². The van der Waals surface area contributed by atoms with E-state index in [1.165, 1.54) is 11.1 Å². The van der Waals surface area contributed by atoms with Gasteiger partial charge in [-0.15, -0.1) is 0 Å². The molecule has 0 atom stereocenters. The summed E-state index contributed by atoms with van der Waals surface area (Å²) in [5.41, 5.74) is 3.97. The number of hydrogen-bond acceptors (Lipinski definition) is 1. The Kier molecular flexibility index (Phi) is 3.68. The molecular weight excluding hydrogens is 272 g/mol. The van der Waals surface area contributed by atoms with Crippen LogP contribution in [0.25, 0.3) is 21.9 Å². The minimum atomic E-state index is -0.893. The second kappa shape index (κ2) is 5.64. The molecular formula is C20H18O2. The number of hydrogen-bond donors (Lipinski definition) is 1. The zero-order valence-corrected chi connectivity index (χ0v) is 12.7. The molecule has 0 unspecified atom stereocenters. The summed E-state index contributed by atoms with van der Waals surface area (Å²) >= 11 is 0. The molecule has 0 saturated carbocycles. The van der Waals surface area contributed by atoms with E-state index in [0.717, 1.165) is 16.3 Å². The van der Waals surface area contributed by atoms with Gasteiger partial charge in [0.1, 0.15) is 0 Å². The number of rotatable bonds is 3. The molecule has 0 aliphatic rings. The van der Waals surface area contributed by atoms with Gasteiger partial charge in [0.05, 0.1) is 5.56 Å². The largest absolute Gasteiger partial charge is 0.478 e. The Morgan fingerprint density at radius 2 is 1.41 bits per heavy atom. The first-order chi connectivity index (χ1) is 10.5. The highest BCUT2D eigenvalue weighted by atomic mass is 16.4. The van der Waals surface area contributed by atoms with Crippen LogP contribution in [0.5, 0.6) is 0 Å². The number of benzene rings is 3. The summed E-state index contributed by atoms with van der Waals surface area (Å²) in [5, 5.41) is 11.0. The summed E-state index contributed by atoms with van der Waals surface area (Å²) in [6.07, 6.45) is 0. The van der Waals surface area contributed by atoms with Crippen LogP contribution in [0.4, 0.5) is 0 Å². The fourth-order valence-corrected chi connectivity index (χ4v) is 2.62. The summed E-state index contributed by atoms with van der Waals surface area (Å²) in [6, 6.07) is 20.0. The van der Waals surface area contributed by atoms with Crippen molar-refractivity contribution in [2.75, 3.05) is 0 Å². The maximum Gasteiger partial charge on any atom is 0.335 e. The van der Waals surface area contributed by atoms with Gasteiger partial charge in [0, 0.05) is 0 Å². The second-order valence-electron chi connectivity index (χ2n) is 5.86. The fraction of sp³-hybridized carbons (Fsp3) is 0.150. The Bertz CT molecular complexity index is 830. The standard InChI is InChI=1S/C20H18O2/c1-13(2)14-3-5-15(6-4-14)16-7-8-18-12-19(20(21)22)10-9-17(18)11-16/h3-13H,1-2H3,(H,21,22). The van der Waals surface area contributed by atoms with Crippen LogP contribution in [0.3, 0.4) is 0 Å². The van der Waals surface area contributed by atoms with Crippen molar-refractivity contribution in [3.05, 3.63) is 71.8 Å². The molecule has 110 valence electrons. The lowest BCUT2D eigenvalue weighted by Gasteiger charge is -2.08. The Hall–Kier alpha value is -2.61. The van der Waals surface area contributed by atoms with Crippen molar-refractivity contribution < 1.29 is 9.90 Å². The van der Waals surface area contributed by atoms with Crippen LogP contribution in [-0.4, -0.2) is 11.1 Å². The molecule has 0 amide bonds. The molecule has 0 fully saturated rings. The van der Waals surface area contributed by atoms with E-state index in [1.54, 1.807) is 12.1 Å². The van der Waals surface area contributed by atoms with Crippen molar-refractivity contribution in [1.29, 1.82) is 0 Å². The van der Waals surface area contributed by atoms with Gasteiger partial charge in [-0.1, -0.05) is 56.3 Å². The molecule has 1 N–H and O–H groups in total. The van der Waals surface area contributed by atoms with Crippen molar-refractivity contribution >= 4 is 16.7 Å². The highest BCUT2D eigenvalue weighted by molar-refractivity contribution is 5.95. The second-order valence-corrected chi connectivity index (χ2v) is 5.86. The maximum atomic E-state index is 11.0. The number of carboxylic acid groups (broad SMARTS) is 1. The van der Waals surface area contributed by atoms with Crippen LogP contribution in [0.1, 0.15) is 35.7 Å². The first-order valence-corrected chi connectivity index (χ1v) is 7.42. The molecule has 0 radical (unpaired) electrons. The van der Waals surface area contributed by atoms with Gasteiger partial charge in [0.2, 0.25) is 0 Å². The highest BCUT2D eigenvalue weighted by Gasteiger charge is 2.05. The third-order valence-corrected chi connectivity index (χ3v) is 4.00. The molecule has 3 rings (SSSR count). The van der Waals surface area contributed by atoms with Crippen molar-refractivity contribution in [2.24, 2.45) is 0 Å². The number of fused-ring (bicyclic) bond motifs is 1. The summed E-state index contributed by atoms with van der Waals surface area (Å²) < 4.78 is 0. The molecule has 0 spiro atoms. The lowest BCUT2D eigenvalue weighted by molar-refractivity contribution is 0.0697. The van der Waals surface area contributed by atoms with E-state index < -0.39 is 5.97 Å². The number of carbonyl (C=O) groups is 1. The van der Waals surface area contributed by atoms with Crippen molar-refractivity contribution in [3.63, 3.8) is 0 Å². The first kappa shape index (κ1) is 14.3. The van der Waals surface area contributed by atoms with E-state index in [2.05, 4.69) is 44.2 Å². The molecule has 3 aromatic rings. The molecule has 3 aromatic carbocycles. The van der Waals surface area contributed by atoms with Crippen LogP contribution in [-0.2, 0) is 0 Å². The Labute approximate surface area is 130 Å². The van der Waals surface area contributed by atoms with Crippen molar-refractivity contribution in [3.8, 4) is 11.1 Å².